The molecule has 0 aliphatic carbocycles. The molecule has 1 amide bonds. The second kappa shape index (κ2) is 10.7. The third-order valence-corrected chi connectivity index (χ3v) is 7.20. The number of nitrogens with one attached hydrogen (secondary N) is 2. The van der Waals surface area contributed by atoms with Gasteiger partial charge in [-0.2, -0.15) is 4.39 Å². The molecule has 0 unspecified atom stereocenters. The highest BCUT2D eigenvalue weighted by atomic mass is 32.2. The molecule has 10 nitrogen and oxygen atoms in total. The molecule has 0 bridgehead atoms. The molecule has 33 heavy (non-hydrogen) atoms. The summed E-state index contributed by atoms with van der Waals surface area (Å²) in [6.45, 7) is 1.71. The van der Waals surface area contributed by atoms with Crippen molar-refractivity contribution in [2.24, 2.45) is 5.16 Å². The Morgan fingerprint density at radius 2 is 2.09 bits per heavy atom. The van der Waals surface area contributed by atoms with Crippen molar-refractivity contribution >= 4 is 38.1 Å². The minimum absolute atomic E-state index is 0.0381. The van der Waals surface area contributed by atoms with Crippen molar-refractivity contribution in [2.75, 3.05) is 31.7 Å². The molecule has 2 aliphatic heterocycles. The largest absolute Gasteiger partial charge is 0.389 e. The fraction of sp³-hybridized carbons (Fsp3) is 0.450. The lowest BCUT2D eigenvalue weighted by molar-refractivity contribution is -0.110. The summed E-state index contributed by atoms with van der Waals surface area (Å²) in [5, 5.41) is 5.97. The predicted molar refractivity (Wildman–Crippen MR) is 118 cm³/mol. The van der Waals surface area contributed by atoms with Crippen molar-refractivity contribution in [1.29, 1.82) is 0 Å². The molecule has 2 fully saturated rings. The Labute approximate surface area is 194 Å². The lowest BCUT2D eigenvalue weighted by Crippen LogP contribution is -2.31. The number of rotatable bonds is 9. The minimum atomic E-state index is -3.75. The number of hydrogen-bond acceptors (Lipinski definition) is 9. The zero-order valence-electron chi connectivity index (χ0n) is 17.5. The van der Waals surface area contributed by atoms with Crippen LogP contribution in [-0.2, 0) is 29.1 Å². The Balaban J connectivity index is 1.50. The first-order chi connectivity index (χ1) is 15.9. The van der Waals surface area contributed by atoms with E-state index in [1.807, 2.05) is 0 Å². The van der Waals surface area contributed by atoms with Gasteiger partial charge >= 0.3 is 0 Å². The second-order valence-electron chi connectivity index (χ2n) is 7.47. The average Bonchev–Trinajstić information content (AvgIpc) is 3.57. The van der Waals surface area contributed by atoms with Gasteiger partial charge in [0.1, 0.15) is 0 Å². The van der Waals surface area contributed by atoms with Crippen LogP contribution in [0.5, 0.6) is 0 Å². The predicted octanol–water partition coefficient (Wildman–Crippen LogP) is 1.89. The van der Waals surface area contributed by atoms with Crippen LogP contribution in [0.4, 0.5) is 9.52 Å². The average molecular weight is 499 g/mol. The van der Waals surface area contributed by atoms with Gasteiger partial charge in [-0.05, 0) is 25.0 Å². The number of oxime groups is 1. The Kier molecular flexibility index (Phi) is 7.65. The molecule has 0 saturated carbocycles. The highest BCUT2D eigenvalue weighted by Crippen LogP contribution is 2.18. The van der Waals surface area contributed by atoms with E-state index in [4.69, 9.17) is 14.3 Å². The molecule has 13 heteroatoms. The van der Waals surface area contributed by atoms with E-state index < -0.39 is 21.1 Å². The number of benzene rings is 1. The number of anilines is 1. The van der Waals surface area contributed by atoms with Crippen LogP contribution in [0.25, 0.3) is 0 Å². The van der Waals surface area contributed by atoms with Crippen LogP contribution in [0.3, 0.4) is 0 Å². The standard InChI is InChI=1S/C20H23FN4O6S2/c21-17-11-22-20(32-17)24-19(26)18(25-31-15-7-9-29-12-15)13-3-5-16(6-4-13)33(27,28)23-10-14-2-1-8-30-14/h3-6,11,14-15,23H,1-2,7-10,12H2,(H,22,24,26)/t14-,15+/m0/s1. The lowest BCUT2D eigenvalue weighted by Gasteiger charge is -2.12. The molecule has 2 aliphatic rings. The SMILES string of the molecule is O=C(Nc1ncc(F)s1)C(=NO[C@@H]1CCOC1)c1ccc(S(=O)(=O)NC[C@@H]2CCCO2)cc1. The summed E-state index contributed by atoms with van der Waals surface area (Å²) < 4.78 is 51.6. The van der Waals surface area contributed by atoms with Gasteiger partial charge in [0, 0.05) is 25.1 Å². The Morgan fingerprint density at radius 3 is 2.73 bits per heavy atom. The van der Waals surface area contributed by atoms with Crippen LogP contribution in [0.15, 0.2) is 40.5 Å². The van der Waals surface area contributed by atoms with Crippen molar-refractivity contribution in [2.45, 2.75) is 36.4 Å². The summed E-state index contributed by atoms with van der Waals surface area (Å²) in [7, 11) is -3.75. The van der Waals surface area contributed by atoms with Crippen LogP contribution in [0, 0.1) is 5.13 Å². The van der Waals surface area contributed by atoms with E-state index in [-0.39, 0.29) is 34.5 Å². The highest BCUT2D eigenvalue weighted by Gasteiger charge is 2.23. The summed E-state index contributed by atoms with van der Waals surface area (Å²) in [5.74, 6) is -0.671. The zero-order valence-corrected chi connectivity index (χ0v) is 19.2. The van der Waals surface area contributed by atoms with Crippen molar-refractivity contribution in [1.82, 2.24) is 9.71 Å². The molecule has 0 spiro atoms. The van der Waals surface area contributed by atoms with Crippen LogP contribution in [0.2, 0.25) is 0 Å². The minimum Gasteiger partial charge on any atom is -0.389 e. The Hall–Kier alpha value is -2.45. The van der Waals surface area contributed by atoms with E-state index in [1.54, 1.807) is 0 Å². The normalized spacial score (nSPS) is 21.3. The molecule has 0 radical (unpaired) electrons. The van der Waals surface area contributed by atoms with E-state index >= 15 is 0 Å². The van der Waals surface area contributed by atoms with Gasteiger partial charge < -0.3 is 14.3 Å². The lowest BCUT2D eigenvalue weighted by atomic mass is 10.1. The Bertz CT molecular complexity index is 1090. The van der Waals surface area contributed by atoms with Crippen molar-refractivity contribution in [3.63, 3.8) is 0 Å². The maximum absolute atomic E-state index is 13.2. The van der Waals surface area contributed by atoms with Gasteiger partial charge in [0.15, 0.2) is 22.1 Å². The Morgan fingerprint density at radius 1 is 1.27 bits per heavy atom. The quantitative estimate of drug-likeness (QED) is 0.399. The summed E-state index contributed by atoms with van der Waals surface area (Å²) in [6, 6.07) is 5.65. The second-order valence-corrected chi connectivity index (χ2v) is 10.2. The number of hydrogen-bond donors (Lipinski definition) is 2. The summed E-state index contributed by atoms with van der Waals surface area (Å²) >= 11 is 0.670. The number of aromatic nitrogens is 1. The van der Waals surface area contributed by atoms with E-state index in [0.29, 0.717) is 43.1 Å². The van der Waals surface area contributed by atoms with Crippen molar-refractivity contribution in [3.8, 4) is 0 Å². The maximum Gasteiger partial charge on any atom is 0.280 e. The molecule has 2 atom stereocenters. The molecule has 4 rings (SSSR count). The summed E-state index contributed by atoms with van der Waals surface area (Å²) in [6.07, 6.45) is 2.91. The molecule has 2 saturated heterocycles. The number of thiazole rings is 1. The number of carbonyl (C=O) groups excluding carboxylic acids is 1. The zero-order chi connectivity index (χ0) is 23.3. The third-order valence-electron chi connectivity index (χ3n) is 5.06. The van der Waals surface area contributed by atoms with Crippen LogP contribution in [0.1, 0.15) is 24.8 Å². The van der Waals surface area contributed by atoms with Gasteiger partial charge in [0.05, 0.1) is 30.4 Å². The smallest absolute Gasteiger partial charge is 0.280 e. The first-order valence-electron chi connectivity index (χ1n) is 10.4. The van der Waals surface area contributed by atoms with Crippen LogP contribution in [-0.4, -0.2) is 63.6 Å². The molecule has 1 aromatic heterocycles. The van der Waals surface area contributed by atoms with Crippen LogP contribution < -0.4 is 10.0 Å². The summed E-state index contributed by atoms with van der Waals surface area (Å²) in [4.78, 5) is 22.1. The van der Waals surface area contributed by atoms with E-state index in [9.17, 15) is 17.6 Å². The van der Waals surface area contributed by atoms with Gasteiger partial charge in [0.2, 0.25) is 10.0 Å². The third kappa shape index (κ3) is 6.32. The number of carbonyl (C=O) groups is 1. The first-order valence-corrected chi connectivity index (χ1v) is 12.7. The van der Waals surface area contributed by atoms with Gasteiger partial charge in [-0.15, -0.1) is 0 Å². The van der Waals surface area contributed by atoms with E-state index in [1.165, 1.54) is 24.3 Å². The first kappa shape index (κ1) is 23.7. The van der Waals surface area contributed by atoms with E-state index in [0.717, 1.165) is 19.0 Å². The van der Waals surface area contributed by atoms with Crippen molar-refractivity contribution in [3.05, 3.63) is 41.2 Å². The van der Waals surface area contributed by atoms with Crippen LogP contribution >= 0.6 is 11.3 Å². The van der Waals surface area contributed by atoms with E-state index in [2.05, 4.69) is 20.2 Å². The molecule has 3 heterocycles. The molecule has 1 aromatic carbocycles. The topological polar surface area (TPSA) is 128 Å². The number of nitrogens with zero attached hydrogens (tertiary/aromatic N) is 2. The molecule has 178 valence electrons. The van der Waals surface area contributed by atoms with Crippen molar-refractivity contribution < 1.29 is 31.9 Å². The maximum atomic E-state index is 13.2. The fourth-order valence-corrected chi connectivity index (χ4v) is 4.91. The van der Waals surface area contributed by atoms with Gasteiger partial charge in [0.25, 0.3) is 5.91 Å². The summed E-state index contributed by atoms with van der Waals surface area (Å²) in [5.41, 5.74) is 0.218. The number of amides is 1. The number of sulfonamides is 1. The van der Waals surface area contributed by atoms with Gasteiger partial charge in [-0.25, -0.2) is 18.1 Å². The fourth-order valence-electron chi connectivity index (χ4n) is 3.30. The molecular formula is C20H23FN4O6S2. The van der Waals surface area contributed by atoms with Gasteiger partial charge in [-0.1, -0.05) is 28.6 Å². The van der Waals surface area contributed by atoms with Gasteiger partial charge in [-0.3, -0.25) is 10.1 Å². The number of halogens is 1. The molecular weight excluding hydrogens is 475 g/mol. The molecule has 2 aromatic rings. The monoisotopic (exact) mass is 498 g/mol. The number of ether oxygens (including phenoxy) is 2. The molecule has 2 N–H and O–H groups in total. The highest BCUT2D eigenvalue weighted by molar-refractivity contribution is 7.89.